The number of benzene rings is 2. The molecule has 2 rings (SSSR count). The van der Waals surface area contributed by atoms with Gasteiger partial charge in [-0.3, -0.25) is 0 Å². The van der Waals surface area contributed by atoms with E-state index >= 15 is 0 Å². The Kier molecular flexibility index (Phi) is 3.75. The molecule has 3 nitrogen and oxygen atoms in total. The molecule has 0 radical (unpaired) electrons. The van der Waals surface area contributed by atoms with Crippen molar-refractivity contribution >= 4 is 11.7 Å². The third kappa shape index (κ3) is 3.28. The van der Waals surface area contributed by atoms with Crippen LogP contribution in [0.1, 0.15) is 15.9 Å². The monoisotopic (exact) mass is 263 g/mol. The molecule has 0 fully saturated rings. The molecule has 2 aromatic rings. The molecule has 0 amide bonds. The van der Waals surface area contributed by atoms with Crippen molar-refractivity contribution < 1.29 is 18.7 Å². The summed E-state index contributed by atoms with van der Waals surface area (Å²) in [6, 6.07) is 9.21. The Bertz CT molecular complexity index is 597. The summed E-state index contributed by atoms with van der Waals surface area (Å²) in [6.07, 6.45) is 0. The lowest BCUT2D eigenvalue weighted by Crippen LogP contribution is -2.05. The lowest BCUT2D eigenvalue weighted by atomic mass is 10.1. The number of anilines is 1. The summed E-state index contributed by atoms with van der Waals surface area (Å²) in [6.45, 7) is 0.124. The van der Waals surface area contributed by atoms with Gasteiger partial charge in [0.2, 0.25) is 0 Å². The lowest BCUT2D eigenvalue weighted by molar-refractivity contribution is 0.0696. The number of carbonyl (C=O) groups is 1. The van der Waals surface area contributed by atoms with E-state index in [4.69, 9.17) is 5.11 Å². The molecule has 5 heteroatoms. The first-order chi connectivity index (χ1) is 9.06. The highest BCUT2D eigenvalue weighted by Gasteiger charge is 2.08. The van der Waals surface area contributed by atoms with Gasteiger partial charge in [0.15, 0.2) is 0 Å². The lowest BCUT2D eigenvalue weighted by Gasteiger charge is -2.08. The second kappa shape index (κ2) is 5.48. The fourth-order valence-electron chi connectivity index (χ4n) is 1.61. The predicted molar refractivity (Wildman–Crippen MR) is 67.1 cm³/mol. The Labute approximate surface area is 108 Å². The van der Waals surface area contributed by atoms with Crippen molar-refractivity contribution in [2.24, 2.45) is 0 Å². The summed E-state index contributed by atoms with van der Waals surface area (Å²) in [5.41, 5.74) is 0.892. The molecule has 19 heavy (non-hydrogen) atoms. The molecule has 2 aromatic carbocycles. The van der Waals surface area contributed by atoms with E-state index < -0.39 is 11.8 Å². The number of hydrogen-bond donors (Lipinski definition) is 2. The van der Waals surface area contributed by atoms with Crippen molar-refractivity contribution in [1.82, 2.24) is 0 Å². The smallest absolute Gasteiger partial charge is 0.335 e. The van der Waals surface area contributed by atoms with Crippen molar-refractivity contribution in [1.29, 1.82) is 0 Å². The summed E-state index contributed by atoms with van der Waals surface area (Å²) in [5, 5.41) is 11.7. The van der Waals surface area contributed by atoms with Crippen LogP contribution >= 0.6 is 0 Å². The SMILES string of the molecule is O=C(O)c1ccc(F)c(CNc2ccc(F)cc2)c1. The van der Waals surface area contributed by atoms with Crippen LogP contribution < -0.4 is 5.32 Å². The third-order valence-electron chi connectivity index (χ3n) is 2.62. The molecule has 0 aliphatic rings. The van der Waals surface area contributed by atoms with E-state index in [0.717, 1.165) is 6.07 Å². The molecule has 0 aromatic heterocycles. The molecule has 0 atom stereocenters. The van der Waals surface area contributed by atoms with Gasteiger partial charge in [-0.15, -0.1) is 0 Å². The highest BCUT2D eigenvalue weighted by Crippen LogP contribution is 2.14. The number of halogens is 2. The zero-order chi connectivity index (χ0) is 13.8. The summed E-state index contributed by atoms with van der Waals surface area (Å²) in [7, 11) is 0. The molecular weight excluding hydrogens is 252 g/mol. The summed E-state index contributed by atoms with van der Waals surface area (Å²) < 4.78 is 26.2. The largest absolute Gasteiger partial charge is 0.478 e. The van der Waals surface area contributed by atoms with Gasteiger partial charge in [0, 0.05) is 17.8 Å². The fraction of sp³-hybridized carbons (Fsp3) is 0.0714. The van der Waals surface area contributed by atoms with Gasteiger partial charge >= 0.3 is 5.97 Å². The van der Waals surface area contributed by atoms with Gasteiger partial charge in [-0.25, -0.2) is 13.6 Å². The maximum absolute atomic E-state index is 13.5. The van der Waals surface area contributed by atoms with E-state index in [9.17, 15) is 13.6 Å². The van der Waals surface area contributed by atoms with Gasteiger partial charge in [0.1, 0.15) is 11.6 Å². The summed E-state index contributed by atoms with van der Waals surface area (Å²) in [5.74, 6) is -1.95. The van der Waals surface area contributed by atoms with Crippen LogP contribution in [-0.4, -0.2) is 11.1 Å². The minimum atomic E-state index is -1.11. The molecule has 0 heterocycles. The van der Waals surface area contributed by atoms with Gasteiger partial charge in [-0.05, 0) is 42.5 Å². The Morgan fingerprint density at radius 1 is 1.11 bits per heavy atom. The van der Waals surface area contributed by atoms with E-state index in [0.29, 0.717) is 5.69 Å². The number of carboxylic acids is 1. The maximum atomic E-state index is 13.5. The zero-order valence-corrected chi connectivity index (χ0v) is 9.86. The van der Waals surface area contributed by atoms with Gasteiger partial charge in [0.25, 0.3) is 0 Å². The van der Waals surface area contributed by atoms with E-state index in [2.05, 4.69) is 5.32 Å². The topological polar surface area (TPSA) is 49.3 Å². The van der Waals surface area contributed by atoms with Crippen LogP contribution in [-0.2, 0) is 6.54 Å². The maximum Gasteiger partial charge on any atom is 0.335 e. The van der Waals surface area contributed by atoms with Crippen molar-refractivity contribution in [2.45, 2.75) is 6.54 Å². The van der Waals surface area contributed by atoms with Crippen LogP contribution in [0, 0.1) is 11.6 Å². The van der Waals surface area contributed by atoms with Crippen LogP contribution in [0.25, 0.3) is 0 Å². The predicted octanol–water partition coefficient (Wildman–Crippen LogP) is 3.28. The van der Waals surface area contributed by atoms with Crippen LogP contribution in [0.2, 0.25) is 0 Å². The van der Waals surface area contributed by atoms with E-state index in [1.165, 1.54) is 36.4 Å². The van der Waals surface area contributed by atoms with Gasteiger partial charge in [0.05, 0.1) is 5.56 Å². The minimum Gasteiger partial charge on any atom is -0.478 e. The van der Waals surface area contributed by atoms with Gasteiger partial charge < -0.3 is 10.4 Å². The number of nitrogens with one attached hydrogen (secondary N) is 1. The zero-order valence-electron chi connectivity index (χ0n) is 9.86. The van der Waals surface area contributed by atoms with Crippen LogP contribution in [0.3, 0.4) is 0 Å². The number of aromatic carboxylic acids is 1. The highest BCUT2D eigenvalue weighted by molar-refractivity contribution is 5.87. The molecule has 0 spiro atoms. The molecule has 0 bridgehead atoms. The van der Waals surface area contributed by atoms with E-state index in [-0.39, 0.29) is 23.5 Å². The normalized spacial score (nSPS) is 10.2. The van der Waals surface area contributed by atoms with Crippen molar-refractivity contribution in [3.63, 3.8) is 0 Å². The Morgan fingerprint density at radius 2 is 1.79 bits per heavy atom. The van der Waals surface area contributed by atoms with Gasteiger partial charge in [-0.1, -0.05) is 0 Å². The Hall–Kier alpha value is -2.43. The Morgan fingerprint density at radius 3 is 2.42 bits per heavy atom. The van der Waals surface area contributed by atoms with Crippen LogP contribution in [0.15, 0.2) is 42.5 Å². The fourth-order valence-corrected chi connectivity index (χ4v) is 1.61. The van der Waals surface area contributed by atoms with E-state index in [1.54, 1.807) is 0 Å². The van der Waals surface area contributed by atoms with Crippen molar-refractivity contribution in [2.75, 3.05) is 5.32 Å². The van der Waals surface area contributed by atoms with E-state index in [1.807, 2.05) is 0 Å². The highest BCUT2D eigenvalue weighted by atomic mass is 19.1. The van der Waals surface area contributed by atoms with Crippen molar-refractivity contribution in [3.8, 4) is 0 Å². The standard InChI is InChI=1S/C14H11F2NO2/c15-11-2-4-12(5-3-11)17-8-10-7-9(14(18)19)1-6-13(10)16/h1-7,17H,8H2,(H,18,19). The average Bonchev–Trinajstić information content (AvgIpc) is 2.39. The second-order valence-electron chi connectivity index (χ2n) is 3.97. The molecule has 0 aliphatic carbocycles. The number of carboxylic acid groups (broad SMARTS) is 1. The molecule has 0 saturated carbocycles. The number of hydrogen-bond acceptors (Lipinski definition) is 2. The summed E-state index contributed by atoms with van der Waals surface area (Å²) >= 11 is 0. The molecule has 0 saturated heterocycles. The molecule has 0 aliphatic heterocycles. The quantitative estimate of drug-likeness (QED) is 0.890. The van der Waals surface area contributed by atoms with Crippen LogP contribution in [0.5, 0.6) is 0 Å². The molecule has 0 unspecified atom stereocenters. The third-order valence-corrected chi connectivity index (χ3v) is 2.62. The summed E-state index contributed by atoms with van der Waals surface area (Å²) in [4.78, 5) is 10.8. The first-order valence-corrected chi connectivity index (χ1v) is 5.57. The molecule has 2 N–H and O–H groups in total. The van der Waals surface area contributed by atoms with Crippen LogP contribution in [0.4, 0.5) is 14.5 Å². The first kappa shape index (κ1) is 13.0. The minimum absolute atomic E-state index is 0.0253. The molecular formula is C14H11F2NO2. The average molecular weight is 263 g/mol. The van der Waals surface area contributed by atoms with Crippen molar-refractivity contribution in [3.05, 3.63) is 65.2 Å². The second-order valence-corrected chi connectivity index (χ2v) is 3.97. The Balaban J connectivity index is 2.12. The van der Waals surface area contributed by atoms with Gasteiger partial charge in [-0.2, -0.15) is 0 Å². The number of rotatable bonds is 4. The molecule has 98 valence electrons. The first-order valence-electron chi connectivity index (χ1n) is 5.57.